The highest BCUT2D eigenvalue weighted by Crippen LogP contribution is 2.33. The Labute approximate surface area is 133 Å². The summed E-state index contributed by atoms with van der Waals surface area (Å²) in [5, 5.41) is 0. The Bertz CT molecular complexity index is 281. The van der Waals surface area contributed by atoms with Gasteiger partial charge in [-0.1, -0.05) is 13.3 Å². The summed E-state index contributed by atoms with van der Waals surface area (Å²) in [6, 6.07) is -0.102. The monoisotopic (exact) mass is 321 g/mol. The fourth-order valence-electron chi connectivity index (χ4n) is 2.96. The molecule has 5 atom stereocenters. The van der Waals surface area contributed by atoms with Gasteiger partial charge < -0.3 is 23.7 Å². The third-order valence-electron chi connectivity index (χ3n) is 4.06. The predicted molar refractivity (Wildman–Crippen MR) is 81.5 cm³/mol. The third-order valence-corrected chi connectivity index (χ3v) is 4.06. The number of nitrogens with one attached hydrogen (secondary N) is 1. The molecule has 1 N–H and O–H groups in total. The lowest BCUT2D eigenvalue weighted by molar-refractivity contribution is -0.133. The van der Waals surface area contributed by atoms with Crippen LogP contribution in [0.1, 0.15) is 19.8 Å². The average Bonchev–Trinajstić information content (AvgIpc) is 2.83. The van der Waals surface area contributed by atoms with Gasteiger partial charge in [0.05, 0.1) is 18.8 Å². The highest BCUT2D eigenvalue weighted by atomic mass is 16.8. The van der Waals surface area contributed by atoms with E-state index in [9.17, 15) is 0 Å². The third kappa shape index (κ3) is 5.13. The van der Waals surface area contributed by atoms with Crippen molar-refractivity contribution in [1.82, 2.24) is 5.48 Å². The molecule has 1 saturated carbocycles. The standard InChI is InChI=1S/C15H31NO6/c1-6-7-8-21-10-22-16-12-11(9-17-2)13(18-3)15(20-5)14(12)19-4/h11-16H,6-10H2,1-5H3/t11-,12-,13+,14-,15-/m0/s1. The van der Waals surface area contributed by atoms with E-state index in [0.717, 1.165) is 12.8 Å². The SMILES string of the molecule is CCCCOCON[C@H]1[C@H](COC)[C@@H](OC)[C@H](OC)[C@H]1OC. The van der Waals surface area contributed by atoms with Crippen LogP contribution >= 0.6 is 0 Å². The first kappa shape index (κ1) is 19.8. The first-order chi connectivity index (χ1) is 10.7. The van der Waals surface area contributed by atoms with Crippen molar-refractivity contribution in [3.63, 3.8) is 0 Å². The molecule has 7 nitrogen and oxygen atoms in total. The summed E-state index contributed by atoms with van der Waals surface area (Å²) in [7, 11) is 6.65. The molecule has 0 bridgehead atoms. The van der Waals surface area contributed by atoms with Crippen LogP contribution < -0.4 is 5.48 Å². The van der Waals surface area contributed by atoms with Crippen LogP contribution in [0.25, 0.3) is 0 Å². The molecule has 1 fully saturated rings. The summed E-state index contributed by atoms with van der Waals surface area (Å²) in [4.78, 5) is 5.44. The van der Waals surface area contributed by atoms with Gasteiger partial charge >= 0.3 is 0 Å². The summed E-state index contributed by atoms with van der Waals surface area (Å²) in [5.41, 5.74) is 3.03. The van der Waals surface area contributed by atoms with E-state index >= 15 is 0 Å². The van der Waals surface area contributed by atoms with Crippen LogP contribution in [-0.4, -0.2) is 72.8 Å². The lowest BCUT2D eigenvalue weighted by Gasteiger charge is -2.25. The molecule has 1 aliphatic carbocycles. The minimum absolute atomic E-state index is 0.0561. The van der Waals surface area contributed by atoms with E-state index in [1.54, 1.807) is 28.4 Å². The van der Waals surface area contributed by atoms with Gasteiger partial charge in [0.15, 0.2) is 6.79 Å². The van der Waals surface area contributed by atoms with Crippen molar-refractivity contribution in [2.24, 2.45) is 5.92 Å². The number of hydrogen-bond acceptors (Lipinski definition) is 7. The van der Waals surface area contributed by atoms with Gasteiger partial charge in [-0.3, -0.25) is 4.84 Å². The number of methoxy groups -OCH3 is 4. The Balaban J connectivity index is 2.57. The van der Waals surface area contributed by atoms with Gasteiger partial charge in [0.25, 0.3) is 0 Å². The van der Waals surface area contributed by atoms with Crippen molar-refractivity contribution in [2.45, 2.75) is 44.1 Å². The maximum absolute atomic E-state index is 5.59. The minimum Gasteiger partial charge on any atom is -0.384 e. The summed E-state index contributed by atoms with van der Waals surface area (Å²) in [6.45, 7) is 3.53. The lowest BCUT2D eigenvalue weighted by atomic mass is 10.0. The van der Waals surface area contributed by atoms with Crippen LogP contribution in [0.5, 0.6) is 0 Å². The fraction of sp³-hybridized carbons (Fsp3) is 1.00. The summed E-state index contributed by atoms with van der Waals surface area (Å²) >= 11 is 0. The number of rotatable bonds is 12. The van der Waals surface area contributed by atoms with Crippen LogP contribution in [0.3, 0.4) is 0 Å². The maximum atomic E-state index is 5.59. The Morgan fingerprint density at radius 3 is 2.14 bits per heavy atom. The Hall–Kier alpha value is -0.280. The molecule has 0 aromatic rings. The molecule has 132 valence electrons. The van der Waals surface area contributed by atoms with E-state index in [1.807, 2.05) is 0 Å². The molecule has 0 unspecified atom stereocenters. The van der Waals surface area contributed by atoms with Crippen molar-refractivity contribution in [3.05, 3.63) is 0 Å². The van der Waals surface area contributed by atoms with Crippen molar-refractivity contribution >= 4 is 0 Å². The fourth-order valence-corrected chi connectivity index (χ4v) is 2.96. The zero-order valence-electron chi connectivity index (χ0n) is 14.4. The Morgan fingerprint density at radius 2 is 1.59 bits per heavy atom. The highest BCUT2D eigenvalue weighted by molar-refractivity contribution is 5.03. The maximum Gasteiger partial charge on any atom is 0.166 e. The number of hydroxylamine groups is 1. The molecule has 0 aromatic heterocycles. The van der Waals surface area contributed by atoms with E-state index in [2.05, 4.69) is 12.4 Å². The summed E-state index contributed by atoms with van der Waals surface area (Å²) in [5.74, 6) is 0.0561. The van der Waals surface area contributed by atoms with Gasteiger partial charge in [-0.15, -0.1) is 0 Å². The predicted octanol–water partition coefficient (Wildman–Crippen LogP) is 0.972. The van der Waals surface area contributed by atoms with Crippen LogP contribution in [0.4, 0.5) is 0 Å². The van der Waals surface area contributed by atoms with E-state index in [1.165, 1.54) is 0 Å². The van der Waals surface area contributed by atoms with Gasteiger partial charge in [-0.05, 0) is 6.42 Å². The van der Waals surface area contributed by atoms with Gasteiger partial charge in [0.1, 0.15) is 12.2 Å². The second-order valence-electron chi connectivity index (χ2n) is 5.39. The van der Waals surface area contributed by atoms with Crippen LogP contribution in [0.15, 0.2) is 0 Å². The molecule has 1 rings (SSSR count). The molecular weight excluding hydrogens is 290 g/mol. The van der Waals surface area contributed by atoms with Crippen molar-refractivity contribution in [1.29, 1.82) is 0 Å². The number of unbranched alkanes of at least 4 members (excludes halogenated alkanes) is 1. The van der Waals surface area contributed by atoms with Crippen molar-refractivity contribution < 1.29 is 28.5 Å². The Morgan fingerprint density at radius 1 is 0.909 bits per heavy atom. The normalized spacial score (nSPS) is 31.8. The van der Waals surface area contributed by atoms with E-state index in [0.29, 0.717) is 13.2 Å². The minimum atomic E-state index is -0.189. The van der Waals surface area contributed by atoms with Crippen LogP contribution in [0.2, 0.25) is 0 Å². The average molecular weight is 321 g/mol. The molecule has 0 amide bonds. The zero-order chi connectivity index (χ0) is 16.4. The molecular formula is C15H31NO6. The van der Waals surface area contributed by atoms with Gasteiger partial charge in [-0.2, -0.15) is 5.48 Å². The quantitative estimate of drug-likeness (QED) is 0.326. The number of hydrogen-bond donors (Lipinski definition) is 1. The molecule has 0 heterocycles. The molecule has 0 radical (unpaired) electrons. The second-order valence-corrected chi connectivity index (χ2v) is 5.39. The largest absolute Gasteiger partial charge is 0.384 e. The van der Waals surface area contributed by atoms with E-state index < -0.39 is 0 Å². The second kappa shape index (κ2) is 11.3. The smallest absolute Gasteiger partial charge is 0.166 e. The molecule has 0 spiro atoms. The molecule has 22 heavy (non-hydrogen) atoms. The van der Waals surface area contributed by atoms with Gasteiger partial charge in [-0.25, -0.2) is 0 Å². The van der Waals surface area contributed by atoms with E-state index in [4.69, 9.17) is 28.5 Å². The topological polar surface area (TPSA) is 67.4 Å². The van der Waals surface area contributed by atoms with E-state index in [-0.39, 0.29) is 37.1 Å². The molecule has 0 aliphatic heterocycles. The van der Waals surface area contributed by atoms with Crippen molar-refractivity contribution in [3.8, 4) is 0 Å². The number of ether oxygens (including phenoxy) is 5. The molecule has 0 saturated heterocycles. The zero-order valence-corrected chi connectivity index (χ0v) is 14.4. The lowest BCUT2D eigenvalue weighted by Crippen LogP contribution is -2.45. The van der Waals surface area contributed by atoms with Gasteiger partial charge in [0.2, 0.25) is 0 Å². The molecule has 7 heteroatoms. The van der Waals surface area contributed by atoms with Gasteiger partial charge in [0, 0.05) is 41.0 Å². The summed E-state index contributed by atoms with van der Waals surface area (Å²) < 4.78 is 27.4. The first-order valence-electron chi connectivity index (χ1n) is 7.77. The summed E-state index contributed by atoms with van der Waals surface area (Å²) in [6.07, 6.45) is 1.63. The van der Waals surface area contributed by atoms with Crippen LogP contribution in [-0.2, 0) is 28.5 Å². The molecule has 1 aliphatic rings. The first-order valence-corrected chi connectivity index (χ1v) is 7.77. The molecule has 0 aromatic carbocycles. The highest BCUT2D eigenvalue weighted by Gasteiger charge is 2.52. The van der Waals surface area contributed by atoms with Crippen LogP contribution in [0, 0.1) is 5.92 Å². The Kier molecular flexibility index (Phi) is 10.1. The van der Waals surface area contributed by atoms with Crippen molar-refractivity contribution in [2.75, 3.05) is 48.4 Å².